The third-order valence-corrected chi connectivity index (χ3v) is 4.71. The lowest BCUT2D eigenvalue weighted by molar-refractivity contribution is -0.126. The van der Waals surface area contributed by atoms with Crippen molar-refractivity contribution < 1.29 is 23.8 Å². The molecule has 8 heteroatoms. The highest BCUT2D eigenvalue weighted by molar-refractivity contribution is 6.01. The van der Waals surface area contributed by atoms with Gasteiger partial charge in [-0.25, -0.2) is 4.79 Å². The van der Waals surface area contributed by atoms with Crippen LogP contribution in [0.4, 0.5) is 4.79 Å². The molecule has 8 nitrogen and oxygen atoms in total. The summed E-state index contributed by atoms with van der Waals surface area (Å²) in [6.07, 6.45) is 0. The molecule has 0 radical (unpaired) electrons. The van der Waals surface area contributed by atoms with Crippen LogP contribution in [0, 0.1) is 0 Å². The molecule has 2 heterocycles. The van der Waals surface area contributed by atoms with Crippen LogP contribution in [0.2, 0.25) is 0 Å². The highest BCUT2D eigenvalue weighted by Gasteiger charge is 2.42. The Balaban J connectivity index is 2.02. The van der Waals surface area contributed by atoms with Gasteiger partial charge in [0.25, 0.3) is 5.91 Å². The number of nitrogens with zero attached hydrogens (tertiary/aromatic N) is 2. The number of hydrogen-bond donors (Lipinski definition) is 1. The van der Waals surface area contributed by atoms with Gasteiger partial charge >= 0.3 is 6.03 Å². The first-order valence-corrected chi connectivity index (χ1v) is 8.28. The Bertz CT molecular complexity index is 739. The number of nitrogens with one attached hydrogen (secondary N) is 1. The van der Waals surface area contributed by atoms with Crippen LogP contribution in [0.5, 0.6) is 11.5 Å². The molecule has 0 aromatic heterocycles. The summed E-state index contributed by atoms with van der Waals surface area (Å²) in [4.78, 5) is 28.6. The molecule has 0 saturated carbocycles. The van der Waals surface area contributed by atoms with Crippen molar-refractivity contribution in [2.24, 2.45) is 0 Å². The van der Waals surface area contributed by atoms with Gasteiger partial charge in [-0.05, 0) is 17.7 Å². The van der Waals surface area contributed by atoms with E-state index in [1.54, 1.807) is 51.5 Å². The average molecular weight is 361 g/mol. The zero-order valence-corrected chi connectivity index (χ0v) is 15.4. The van der Waals surface area contributed by atoms with Crippen LogP contribution >= 0.6 is 0 Å². The molecular weight excluding hydrogens is 338 g/mol. The summed E-state index contributed by atoms with van der Waals surface area (Å²) < 4.78 is 15.7. The molecule has 2 aliphatic heterocycles. The van der Waals surface area contributed by atoms with E-state index in [0.717, 1.165) is 5.56 Å². The van der Waals surface area contributed by atoms with Gasteiger partial charge in [0, 0.05) is 26.8 Å². The smallest absolute Gasteiger partial charge is 0.322 e. The summed E-state index contributed by atoms with van der Waals surface area (Å²) in [5, 5.41) is 2.90. The van der Waals surface area contributed by atoms with Crippen molar-refractivity contribution in [3.63, 3.8) is 0 Å². The second kappa shape index (κ2) is 7.25. The van der Waals surface area contributed by atoms with E-state index >= 15 is 0 Å². The lowest BCUT2D eigenvalue weighted by Gasteiger charge is -2.31. The number of likely N-dealkylation sites (N-methyl/N-ethyl adjacent to an activating group) is 1. The van der Waals surface area contributed by atoms with Crippen molar-refractivity contribution in [1.82, 2.24) is 15.1 Å². The fourth-order valence-corrected chi connectivity index (χ4v) is 3.25. The molecule has 2 aliphatic rings. The Labute approximate surface area is 152 Å². The molecule has 1 aromatic carbocycles. The number of carbonyl (C=O) groups excluding carboxylic acids is 2. The summed E-state index contributed by atoms with van der Waals surface area (Å²) in [6.45, 7) is 1.30. The first-order valence-electron chi connectivity index (χ1n) is 8.28. The van der Waals surface area contributed by atoms with Gasteiger partial charge in [-0.1, -0.05) is 0 Å². The third kappa shape index (κ3) is 3.08. The van der Waals surface area contributed by atoms with E-state index in [4.69, 9.17) is 14.2 Å². The molecule has 0 saturated heterocycles. The maximum absolute atomic E-state index is 13.0. The van der Waals surface area contributed by atoms with E-state index in [0.29, 0.717) is 42.5 Å². The highest BCUT2D eigenvalue weighted by Crippen LogP contribution is 2.37. The van der Waals surface area contributed by atoms with Crippen LogP contribution in [0.25, 0.3) is 0 Å². The minimum absolute atomic E-state index is 0.101. The molecule has 3 rings (SSSR count). The average Bonchev–Trinajstić information content (AvgIpc) is 2.99. The van der Waals surface area contributed by atoms with Crippen molar-refractivity contribution >= 4 is 11.9 Å². The molecule has 1 N–H and O–H groups in total. The zero-order valence-electron chi connectivity index (χ0n) is 15.4. The van der Waals surface area contributed by atoms with E-state index < -0.39 is 6.04 Å². The molecule has 0 spiro atoms. The molecule has 1 aromatic rings. The topological polar surface area (TPSA) is 80.3 Å². The van der Waals surface area contributed by atoms with E-state index in [2.05, 4.69) is 5.32 Å². The Morgan fingerprint density at radius 1 is 1.12 bits per heavy atom. The zero-order chi connectivity index (χ0) is 18.8. The Hall–Kier alpha value is -2.74. The predicted molar refractivity (Wildman–Crippen MR) is 94.1 cm³/mol. The van der Waals surface area contributed by atoms with Crippen molar-refractivity contribution in [1.29, 1.82) is 0 Å². The second-order valence-corrected chi connectivity index (χ2v) is 6.17. The van der Waals surface area contributed by atoms with Crippen LogP contribution in [-0.4, -0.2) is 69.8 Å². The number of rotatable bonds is 6. The summed E-state index contributed by atoms with van der Waals surface area (Å²) in [5.41, 5.74) is 2.01. The molecule has 0 fully saturated rings. The number of amides is 3. The van der Waals surface area contributed by atoms with Crippen molar-refractivity contribution in [3.8, 4) is 11.5 Å². The van der Waals surface area contributed by atoms with E-state index in [1.807, 2.05) is 0 Å². The summed E-state index contributed by atoms with van der Waals surface area (Å²) in [5.74, 6) is 1.09. The SMILES string of the molecule is COCCN1CC2=C(C1=O)C(c1cc(OC)cc(OC)c1)NC(=O)N2C. The van der Waals surface area contributed by atoms with Crippen LogP contribution < -0.4 is 14.8 Å². The number of methoxy groups -OCH3 is 3. The molecule has 0 aliphatic carbocycles. The fourth-order valence-electron chi connectivity index (χ4n) is 3.25. The maximum Gasteiger partial charge on any atom is 0.322 e. The Morgan fingerprint density at radius 2 is 1.77 bits per heavy atom. The number of ether oxygens (including phenoxy) is 3. The van der Waals surface area contributed by atoms with Gasteiger partial charge in [0.1, 0.15) is 11.5 Å². The molecule has 0 bridgehead atoms. The number of hydrogen-bond acceptors (Lipinski definition) is 5. The molecular formula is C18H23N3O5. The first kappa shape index (κ1) is 18.1. The summed E-state index contributed by atoms with van der Waals surface area (Å²) >= 11 is 0. The quantitative estimate of drug-likeness (QED) is 0.822. The molecule has 1 unspecified atom stereocenters. The van der Waals surface area contributed by atoms with Gasteiger partial charge in [0.2, 0.25) is 0 Å². The fraction of sp³-hybridized carbons (Fsp3) is 0.444. The monoisotopic (exact) mass is 361 g/mol. The van der Waals surface area contributed by atoms with Crippen molar-refractivity contribution in [2.45, 2.75) is 6.04 Å². The third-order valence-electron chi connectivity index (χ3n) is 4.71. The van der Waals surface area contributed by atoms with Crippen LogP contribution in [0.3, 0.4) is 0 Å². The molecule has 26 heavy (non-hydrogen) atoms. The lowest BCUT2D eigenvalue weighted by Crippen LogP contribution is -2.45. The van der Waals surface area contributed by atoms with Gasteiger partial charge < -0.3 is 24.4 Å². The predicted octanol–water partition coefficient (Wildman–Crippen LogP) is 1.14. The number of benzene rings is 1. The Kier molecular flexibility index (Phi) is 5.03. The lowest BCUT2D eigenvalue weighted by atomic mass is 9.95. The van der Waals surface area contributed by atoms with Gasteiger partial charge in [0.05, 0.1) is 44.7 Å². The van der Waals surface area contributed by atoms with Gasteiger partial charge in [-0.15, -0.1) is 0 Å². The minimum Gasteiger partial charge on any atom is -0.497 e. The standard InChI is InChI=1S/C18H23N3O5/c1-20-14-10-21(5-6-24-2)17(22)15(14)16(19-18(20)23)11-7-12(25-3)9-13(8-11)26-4/h7-9,16H,5-6,10H2,1-4H3,(H,19,23). The highest BCUT2D eigenvalue weighted by atomic mass is 16.5. The molecule has 3 amide bonds. The normalized spacial score (nSPS) is 19.6. The number of carbonyl (C=O) groups is 2. The Morgan fingerprint density at radius 3 is 2.35 bits per heavy atom. The molecule has 140 valence electrons. The van der Waals surface area contributed by atoms with E-state index in [1.165, 1.54) is 4.90 Å². The summed E-state index contributed by atoms with van der Waals surface area (Å²) in [7, 11) is 6.38. The van der Waals surface area contributed by atoms with Crippen LogP contribution in [0.15, 0.2) is 29.5 Å². The second-order valence-electron chi connectivity index (χ2n) is 6.17. The minimum atomic E-state index is -0.558. The van der Waals surface area contributed by atoms with Crippen molar-refractivity contribution in [3.05, 3.63) is 35.0 Å². The van der Waals surface area contributed by atoms with Crippen LogP contribution in [-0.2, 0) is 9.53 Å². The maximum atomic E-state index is 13.0. The van der Waals surface area contributed by atoms with E-state index in [9.17, 15) is 9.59 Å². The number of urea groups is 1. The largest absolute Gasteiger partial charge is 0.497 e. The van der Waals surface area contributed by atoms with Crippen molar-refractivity contribution in [2.75, 3.05) is 48.1 Å². The molecule has 1 atom stereocenters. The van der Waals surface area contributed by atoms with Gasteiger partial charge in [-0.3, -0.25) is 9.69 Å². The first-order chi connectivity index (χ1) is 12.5. The summed E-state index contributed by atoms with van der Waals surface area (Å²) in [6, 6.07) is 4.54. The van der Waals surface area contributed by atoms with Crippen LogP contribution in [0.1, 0.15) is 11.6 Å². The van der Waals surface area contributed by atoms with E-state index in [-0.39, 0.29) is 11.9 Å². The van der Waals surface area contributed by atoms with Gasteiger partial charge in [0.15, 0.2) is 0 Å². The van der Waals surface area contributed by atoms with Gasteiger partial charge in [-0.2, -0.15) is 0 Å².